The smallest absolute Gasteiger partial charge is 0.870 e. The monoisotopic (exact) mass is 1430 g/mol. The minimum absolute atomic E-state index is 0. The molecule has 15 fully saturated rings. The van der Waals surface area contributed by atoms with Crippen LogP contribution >= 0.6 is 0 Å². The van der Waals surface area contributed by atoms with Crippen molar-refractivity contribution >= 4 is 23.5 Å². The summed E-state index contributed by atoms with van der Waals surface area (Å²) in [5, 5.41) is 21.6. The molecule has 104 heavy (non-hydrogen) atoms. The van der Waals surface area contributed by atoms with E-state index in [2.05, 4.69) is 144 Å². The van der Waals surface area contributed by atoms with Gasteiger partial charge < -0.3 is 25.2 Å². The Hall–Kier alpha value is -2.02. The summed E-state index contributed by atoms with van der Waals surface area (Å²) in [5.41, 5.74) is 6.84. The van der Waals surface area contributed by atoms with Crippen LogP contribution in [-0.2, 0) is 28.7 Å². The summed E-state index contributed by atoms with van der Waals surface area (Å²) in [4.78, 5) is 49.6. The Bertz CT molecular complexity index is 3340. The molecule has 15 aliphatic carbocycles. The Morgan fingerprint density at radius 3 is 1.01 bits per heavy atom. The Labute approximate surface area is 646 Å². The van der Waals surface area contributed by atoms with Crippen molar-refractivity contribution in [1.82, 2.24) is 0 Å². The van der Waals surface area contributed by atoms with Crippen molar-refractivity contribution in [3.63, 3.8) is 0 Å². The summed E-state index contributed by atoms with van der Waals surface area (Å²) in [5.74, 6) is 10.0. The van der Waals surface area contributed by atoms with E-state index in [9.17, 15) is 29.4 Å². The van der Waals surface area contributed by atoms with Gasteiger partial charge in [0.05, 0.1) is 19.3 Å². The molecule has 15 aliphatic rings. The Morgan fingerprint density at radius 1 is 0.375 bits per heavy atom. The molecule has 15 saturated carbocycles. The average molecular weight is 1430 g/mol. The molecular formula is C94H151LiO9. The SMILES string of the molecule is C=C(C)[C@@H]1CC[C@]2(CO)CC[C@]3(C)C(CCC4[C@@]5(C)CCC(=O)C(C)(C)C5CC[C@]43C)C12.C=C(C)[C@@H]1CC[C@]2(COC(C)=O)CC[C@]3(C)C(CCC4[C@@]5(C)CCC(=O)C(C)(C)C5CC[C@]43C)C12.C=C(C)[C@@H]1CC[C@]2(COC(C)=O)CC[C@]3(C)C(CCC4[C@@]5(C)CC[C@H](O)C(C)(C)C5CC[C@]43C)C12.[Li+].[OH-]. The number of aliphatic hydroxyl groups is 2. The zero-order valence-corrected chi connectivity index (χ0v) is 70.5. The molecule has 0 amide bonds. The van der Waals surface area contributed by atoms with Gasteiger partial charge in [-0.3, -0.25) is 19.2 Å². The molecule has 0 aromatic heterocycles. The number of Topliss-reactive ketones (excluding diaryl/α,β-unsaturated/α-hetero) is 2. The number of carbonyl (C=O) groups excluding carboxylic acids is 4. The van der Waals surface area contributed by atoms with Gasteiger partial charge in [0.1, 0.15) is 11.6 Å². The van der Waals surface area contributed by atoms with Crippen LogP contribution in [0.3, 0.4) is 0 Å². The average Bonchev–Trinajstić information content (AvgIpc) is 0.829. The van der Waals surface area contributed by atoms with E-state index in [1.807, 2.05) is 0 Å². The zero-order chi connectivity index (χ0) is 74.5. The second-order valence-electron chi connectivity index (χ2n) is 44.5. The second-order valence-corrected chi connectivity index (χ2v) is 44.5. The fourth-order valence-electron chi connectivity index (χ4n) is 34.7. The third-order valence-electron chi connectivity index (χ3n) is 40.6. The molecule has 0 bridgehead atoms. The first-order valence-corrected chi connectivity index (χ1v) is 42.9. The van der Waals surface area contributed by atoms with Crippen molar-refractivity contribution < 1.29 is 63.2 Å². The summed E-state index contributed by atoms with van der Waals surface area (Å²) in [6.07, 6.45) is 35.5. The maximum Gasteiger partial charge on any atom is 1.00 e. The maximum absolute atomic E-state index is 13.0. The third-order valence-corrected chi connectivity index (χ3v) is 40.6. The van der Waals surface area contributed by atoms with Crippen LogP contribution in [0.4, 0.5) is 0 Å². The van der Waals surface area contributed by atoms with Crippen molar-refractivity contribution in [3.05, 3.63) is 36.5 Å². The number of esters is 2. The number of hydrogen-bond donors (Lipinski definition) is 2. The van der Waals surface area contributed by atoms with E-state index in [-0.39, 0.29) is 91.1 Å². The number of ether oxygens (including phenoxy) is 2. The van der Waals surface area contributed by atoms with Gasteiger partial charge in [-0.2, -0.15) is 0 Å². The molecule has 0 radical (unpaired) electrons. The summed E-state index contributed by atoms with van der Waals surface area (Å²) < 4.78 is 11.6. The number of hydrogen-bond acceptors (Lipinski definition) is 9. The van der Waals surface area contributed by atoms with Crippen LogP contribution in [0.1, 0.15) is 331 Å². The maximum atomic E-state index is 13.0. The molecule has 3 N–H and O–H groups in total. The van der Waals surface area contributed by atoms with E-state index in [0.717, 1.165) is 38.0 Å². The zero-order valence-electron chi connectivity index (χ0n) is 70.5. The van der Waals surface area contributed by atoms with Crippen LogP contribution in [0.15, 0.2) is 36.5 Å². The molecular weight excluding hydrogens is 1280 g/mol. The van der Waals surface area contributed by atoms with Crippen molar-refractivity contribution in [2.75, 3.05) is 19.8 Å². The predicted octanol–water partition coefficient (Wildman–Crippen LogP) is 19.4. The van der Waals surface area contributed by atoms with Crippen LogP contribution in [0.5, 0.6) is 0 Å². The second kappa shape index (κ2) is 27.4. The Morgan fingerprint density at radius 2 is 0.683 bits per heavy atom. The van der Waals surface area contributed by atoms with Gasteiger partial charge in [0.25, 0.3) is 0 Å². The van der Waals surface area contributed by atoms with E-state index >= 15 is 0 Å². The molecule has 15 rings (SSSR count). The molecule has 0 saturated heterocycles. The van der Waals surface area contributed by atoms with E-state index in [1.165, 1.54) is 177 Å². The number of fused-ring (bicyclic) bond motifs is 21. The van der Waals surface area contributed by atoms with Gasteiger partial charge in [-0.15, -0.1) is 0 Å². The molecule has 9 nitrogen and oxygen atoms in total. The number of allylic oxidation sites excluding steroid dienone is 3. The van der Waals surface area contributed by atoms with Gasteiger partial charge in [-0.05, 0) is 349 Å². The molecule has 10 heteroatoms. The first kappa shape index (κ1) is 82.9. The van der Waals surface area contributed by atoms with Gasteiger partial charge in [0, 0.05) is 55.0 Å². The summed E-state index contributed by atoms with van der Waals surface area (Å²) >= 11 is 0. The van der Waals surface area contributed by atoms with Crippen molar-refractivity contribution in [2.45, 2.75) is 337 Å². The topological polar surface area (TPSA) is 157 Å². The van der Waals surface area contributed by atoms with Crippen LogP contribution in [0.2, 0.25) is 0 Å². The summed E-state index contributed by atoms with van der Waals surface area (Å²) in [6, 6.07) is 0. The number of carbonyl (C=O) groups is 4. The molecule has 582 valence electrons. The quantitative estimate of drug-likeness (QED) is 0.137. The van der Waals surface area contributed by atoms with Crippen molar-refractivity contribution in [2.24, 2.45) is 170 Å². The normalized spacial score (nSPS) is 51.3. The van der Waals surface area contributed by atoms with E-state index in [1.54, 1.807) is 13.8 Å². The standard InChI is InChI=1S/C32H52O3.C32H50O3.C30H48O2.Li.H2O/c2*1-20(2)22-11-16-32(19-35-21(3)33)18-17-30(7)23(27(22)32)9-10-25-29(6)14-13-26(34)28(4,5)24(29)12-15-31(25,30)8;1-19(2)20-10-15-30(18-31)17-16-28(6)21(25(20)30)8-9-23-27(5)13-12-24(32)26(3,4)22(27)11-14-29(23,28)7;;/h22-27,34H,1,9-19H2,2-8H3;22-25,27H,1,9-19H2,2-8H3;20-23,25,31H,1,8-18H2,2-7H3;;1H2/q;;;+1;/p-1/t22-,23?,24?,25?,26-,27?,29-,30+,31+,32+;22-,23?,24?,25?,27?,29-,30+,31+,32+;20-,21?,22?,23?,25?,27-,28+,29+,30+;;/m000../s1. The number of ketones is 2. The molecule has 0 aromatic carbocycles. The number of rotatable bonds is 8. The predicted molar refractivity (Wildman–Crippen MR) is 415 cm³/mol. The van der Waals surface area contributed by atoms with E-state index in [0.29, 0.717) is 147 Å². The summed E-state index contributed by atoms with van der Waals surface area (Å²) in [6.45, 7) is 62.2. The Balaban J connectivity index is 0.000000155. The Kier molecular flexibility index (Phi) is 21.8. The third kappa shape index (κ3) is 11.5. The van der Waals surface area contributed by atoms with Crippen molar-refractivity contribution in [3.8, 4) is 0 Å². The minimum Gasteiger partial charge on any atom is -0.870 e. The molecule has 0 aliphatic heterocycles. The van der Waals surface area contributed by atoms with Gasteiger partial charge >= 0.3 is 30.8 Å². The van der Waals surface area contributed by atoms with Gasteiger partial charge in [0.2, 0.25) is 0 Å². The molecule has 0 aromatic rings. The molecule has 0 heterocycles. The minimum atomic E-state index is -0.186. The molecule has 0 spiro atoms. The fraction of sp³-hybridized carbons (Fsp3) is 0.894. The molecule has 28 atom stereocenters. The summed E-state index contributed by atoms with van der Waals surface area (Å²) in [7, 11) is 0. The van der Waals surface area contributed by atoms with Crippen LogP contribution in [-0.4, -0.2) is 65.1 Å². The van der Waals surface area contributed by atoms with Crippen LogP contribution in [0.25, 0.3) is 0 Å². The van der Waals surface area contributed by atoms with Crippen molar-refractivity contribution in [1.29, 1.82) is 0 Å². The largest absolute Gasteiger partial charge is 1.00 e. The van der Waals surface area contributed by atoms with E-state index < -0.39 is 0 Å². The van der Waals surface area contributed by atoms with Crippen LogP contribution in [0, 0.1) is 170 Å². The van der Waals surface area contributed by atoms with Gasteiger partial charge in [-0.25, -0.2) is 0 Å². The van der Waals surface area contributed by atoms with E-state index in [4.69, 9.17) is 9.47 Å². The van der Waals surface area contributed by atoms with Gasteiger partial charge in [0.15, 0.2) is 0 Å². The fourth-order valence-corrected chi connectivity index (χ4v) is 34.7. The number of aliphatic hydroxyl groups excluding tert-OH is 2. The molecule has 12 unspecified atom stereocenters. The first-order chi connectivity index (χ1) is 47.3. The first-order valence-electron chi connectivity index (χ1n) is 42.9. The van der Waals surface area contributed by atoms with Gasteiger partial charge in [-0.1, -0.05) is 140 Å². The van der Waals surface area contributed by atoms with Crippen LogP contribution < -0.4 is 18.9 Å².